The molecule has 0 spiro atoms. The standard InChI is InChI=1S/C21H28N2O3/c1-14(2)26-18-10-9-17(16-8-6-12-22-19(16)18)23-20(24)21(25-4)11-5-7-15(3)13-21/h6,8-10,12,14-15H,5,7,11,13H2,1-4H3,(H,23,24)/t15-,21-/m0/s1. The van der Waals surface area contributed by atoms with Crippen molar-refractivity contribution in [2.24, 2.45) is 5.92 Å². The first-order chi connectivity index (χ1) is 12.4. The van der Waals surface area contributed by atoms with E-state index >= 15 is 0 Å². The van der Waals surface area contributed by atoms with Gasteiger partial charge in [-0.2, -0.15) is 0 Å². The molecule has 1 fully saturated rings. The Labute approximate surface area is 155 Å². The normalized spacial score (nSPS) is 23.2. The summed E-state index contributed by atoms with van der Waals surface area (Å²) < 4.78 is 11.6. The summed E-state index contributed by atoms with van der Waals surface area (Å²) in [4.78, 5) is 17.5. The molecule has 0 bridgehead atoms. The lowest BCUT2D eigenvalue weighted by Gasteiger charge is -2.37. The Balaban J connectivity index is 1.92. The van der Waals surface area contributed by atoms with Crippen molar-refractivity contribution in [2.75, 3.05) is 12.4 Å². The second-order valence-corrected chi connectivity index (χ2v) is 7.53. The van der Waals surface area contributed by atoms with Gasteiger partial charge in [0.1, 0.15) is 16.9 Å². The number of methoxy groups -OCH3 is 1. The number of nitrogens with one attached hydrogen (secondary N) is 1. The molecule has 0 aliphatic heterocycles. The molecular formula is C21H28N2O3. The number of nitrogens with zero attached hydrogens (tertiary/aromatic N) is 1. The van der Waals surface area contributed by atoms with Crippen LogP contribution in [0, 0.1) is 5.92 Å². The molecule has 2 aromatic rings. The average Bonchev–Trinajstić information content (AvgIpc) is 2.63. The molecule has 0 saturated heterocycles. The summed E-state index contributed by atoms with van der Waals surface area (Å²) in [6, 6.07) is 7.57. The summed E-state index contributed by atoms with van der Waals surface area (Å²) in [5.41, 5.74) is 0.741. The van der Waals surface area contributed by atoms with Crippen LogP contribution in [0.3, 0.4) is 0 Å². The SMILES string of the molecule is CO[C@@]1(C(=O)Nc2ccc(OC(C)C)c3ncccc23)CCC[C@H](C)C1. The smallest absolute Gasteiger partial charge is 0.256 e. The van der Waals surface area contributed by atoms with Gasteiger partial charge in [0.25, 0.3) is 5.91 Å². The van der Waals surface area contributed by atoms with Crippen molar-refractivity contribution in [3.8, 4) is 5.75 Å². The molecule has 2 atom stereocenters. The highest BCUT2D eigenvalue weighted by Gasteiger charge is 2.42. The molecule has 1 aliphatic rings. The largest absolute Gasteiger partial charge is 0.489 e. The van der Waals surface area contributed by atoms with Crippen molar-refractivity contribution in [1.82, 2.24) is 4.98 Å². The maximum Gasteiger partial charge on any atom is 0.256 e. The molecule has 1 N–H and O–H groups in total. The minimum atomic E-state index is -0.751. The van der Waals surface area contributed by atoms with Crippen LogP contribution in [0.1, 0.15) is 46.5 Å². The molecular weight excluding hydrogens is 328 g/mol. The van der Waals surface area contributed by atoms with E-state index in [0.29, 0.717) is 5.92 Å². The zero-order chi connectivity index (χ0) is 18.7. The highest BCUT2D eigenvalue weighted by molar-refractivity contribution is 6.05. The van der Waals surface area contributed by atoms with E-state index in [4.69, 9.17) is 9.47 Å². The van der Waals surface area contributed by atoms with E-state index in [0.717, 1.165) is 48.0 Å². The first kappa shape index (κ1) is 18.6. The van der Waals surface area contributed by atoms with Gasteiger partial charge in [-0.3, -0.25) is 9.78 Å². The molecule has 26 heavy (non-hydrogen) atoms. The summed E-state index contributed by atoms with van der Waals surface area (Å²) in [6.45, 7) is 6.14. The minimum absolute atomic E-state index is 0.0566. The lowest BCUT2D eigenvalue weighted by molar-refractivity contribution is -0.143. The molecule has 0 unspecified atom stereocenters. The fraction of sp³-hybridized carbons (Fsp3) is 0.524. The van der Waals surface area contributed by atoms with E-state index in [1.165, 1.54) is 0 Å². The number of amides is 1. The van der Waals surface area contributed by atoms with E-state index in [1.54, 1.807) is 13.3 Å². The number of aromatic nitrogens is 1. The summed E-state index contributed by atoms with van der Waals surface area (Å²) in [5.74, 6) is 1.13. The Hall–Kier alpha value is -2.14. The fourth-order valence-corrected chi connectivity index (χ4v) is 3.83. The van der Waals surface area contributed by atoms with Crippen molar-refractivity contribution in [3.05, 3.63) is 30.5 Å². The zero-order valence-electron chi connectivity index (χ0n) is 16.0. The predicted octanol–water partition coefficient (Wildman–Crippen LogP) is 4.56. The first-order valence-corrected chi connectivity index (χ1v) is 9.36. The molecule has 1 saturated carbocycles. The van der Waals surface area contributed by atoms with Gasteiger partial charge >= 0.3 is 0 Å². The molecule has 1 aromatic heterocycles. The topological polar surface area (TPSA) is 60.5 Å². The van der Waals surface area contributed by atoms with Crippen molar-refractivity contribution in [1.29, 1.82) is 0 Å². The maximum atomic E-state index is 13.1. The van der Waals surface area contributed by atoms with Crippen LogP contribution in [0.4, 0.5) is 5.69 Å². The lowest BCUT2D eigenvalue weighted by Crippen LogP contribution is -2.47. The second kappa shape index (κ2) is 7.62. The number of fused-ring (bicyclic) bond motifs is 1. The second-order valence-electron chi connectivity index (χ2n) is 7.53. The van der Waals surface area contributed by atoms with Crippen LogP contribution in [0.15, 0.2) is 30.5 Å². The van der Waals surface area contributed by atoms with Crippen LogP contribution < -0.4 is 10.1 Å². The number of hydrogen-bond acceptors (Lipinski definition) is 4. The van der Waals surface area contributed by atoms with E-state index in [2.05, 4.69) is 17.2 Å². The number of rotatable bonds is 5. The minimum Gasteiger partial charge on any atom is -0.489 e. The van der Waals surface area contributed by atoms with Gasteiger partial charge in [0.15, 0.2) is 0 Å². The lowest BCUT2D eigenvalue weighted by atomic mass is 9.78. The Morgan fingerprint density at radius 1 is 1.35 bits per heavy atom. The van der Waals surface area contributed by atoms with Crippen LogP contribution >= 0.6 is 0 Å². The summed E-state index contributed by atoms with van der Waals surface area (Å²) in [5, 5.41) is 3.96. The van der Waals surface area contributed by atoms with Gasteiger partial charge < -0.3 is 14.8 Å². The molecule has 1 heterocycles. The molecule has 1 aliphatic carbocycles. The van der Waals surface area contributed by atoms with Gasteiger partial charge in [0.05, 0.1) is 11.8 Å². The van der Waals surface area contributed by atoms with Gasteiger partial charge in [-0.05, 0) is 63.3 Å². The van der Waals surface area contributed by atoms with Gasteiger partial charge in [0.2, 0.25) is 0 Å². The highest BCUT2D eigenvalue weighted by atomic mass is 16.5. The van der Waals surface area contributed by atoms with Gasteiger partial charge in [-0.15, -0.1) is 0 Å². The Kier molecular flexibility index (Phi) is 5.47. The van der Waals surface area contributed by atoms with E-state index < -0.39 is 5.60 Å². The molecule has 5 nitrogen and oxygen atoms in total. The van der Waals surface area contributed by atoms with E-state index in [-0.39, 0.29) is 12.0 Å². The average molecular weight is 356 g/mol. The molecule has 0 radical (unpaired) electrons. The van der Waals surface area contributed by atoms with E-state index in [1.807, 2.05) is 38.1 Å². The van der Waals surface area contributed by atoms with Gasteiger partial charge in [-0.1, -0.05) is 13.3 Å². The summed E-state index contributed by atoms with van der Waals surface area (Å²) in [6.07, 6.45) is 5.45. The number of hydrogen-bond donors (Lipinski definition) is 1. The van der Waals surface area contributed by atoms with E-state index in [9.17, 15) is 4.79 Å². The molecule has 1 aromatic carbocycles. The van der Waals surface area contributed by atoms with Crippen LogP contribution in [-0.4, -0.2) is 29.7 Å². The van der Waals surface area contributed by atoms with Crippen molar-refractivity contribution in [3.63, 3.8) is 0 Å². The molecule has 5 heteroatoms. The molecule has 3 rings (SSSR count). The third-order valence-electron chi connectivity index (χ3n) is 5.10. The number of anilines is 1. The van der Waals surface area contributed by atoms with Crippen LogP contribution in [0.5, 0.6) is 5.75 Å². The third-order valence-corrected chi connectivity index (χ3v) is 5.10. The van der Waals surface area contributed by atoms with Crippen molar-refractivity contribution < 1.29 is 14.3 Å². The molecule has 140 valence electrons. The number of carbonyl (C=O) groups excluding carboxylic acids is 1. The van der Waals surface area contributed by atoms with Crippen LogP contribution in [-0.2, 0) is 9.53 Å². The Morgan fingerprint density at radius 2 is 2.15 bits per heavy atom. The Morgan fingerprint density at radius 3 is 2.85 bits per heavy atom. The third kappa shape index (κ3) is 3.68. The number of ether oxygens (including phenoxy) is 2. The molecule has 1 amide bonds. The van der Waals surface area contributed by atoms with Crippen LogP contribution in [0.2, 0.25) is 0 Å². The summed E-state index contributed by atoms with van der Waals surface area (Å²) >= 11 is 0. The Bertz CT molecular complexity index is 790. The quantitative estimate of drug-likeness (QED) is 0.853. The number of benzene rings is 1. The van der Waals surface area contributed by atoms with Crippen molar-refractivity contribution in [2.45, 2.75) is 58.2 Å². The monoisotopic (exact) mass is 356 g/mol. The number of carbonyl (C=O) groups is 1. The van der Waals surface area contributed by atoms with Gasteiger partial charge in [-0.25, -0.2) is 0 Å². The zero-order valence-corrected chi connectivity index (χ0v) is 16.0. The summed E-state index contributed by atoms with van der Waals surface area (Å²) in [7, 11) is 1.64. The van der Waals surface area contributed by atoms with Gasteiger partial charge in [0, 0.05) is 18.7 Å². The van der Waals surface area contributed by atoms with Crippen molar-refractivity contribution >= 4 is 22.5 Å². The fourth-order valence-electron chi connectivity index (χ4n) is 3.83. The highest BCUT2D eigenvalue weighted by Crippen LogP contribution is 2.37. The maximum absolute atomic E-state index is 13.1. The first-order valence-electron chi connectivity index (χ1n) is 9.36. The van der Waals surface area contributed by atoms with Crippen LogP contribution in [0.25, 0.3) is 10.9 Å². The predicted molar refractivity (Wildman–Crippen MR) is 104 cm³/mol. The number of pyridine rings is 1.